The highest BCUT2D eigenvalue weighted by atomic mass is 35.5. The summed E-state index contributed by atoms with van der Waals surface area (Å²) in [4.78, 5) is 10.8. The normalized spacial score (nSPS) is 14.8. The molecule has 82 valence electrons. The molecule has 0 saturated carbocycles. The molecular formula is C11H19ClO2. The average Bonchev–Trinajstić information content (AvgIpc) is 2.11. The van der Waals surface area contributed by atoms with Gasteiger partial charge >= 0.3 is 0 Å². The first kappa shape index (κ1) is 13.7. The third-order valence-electron chi connectivity index (χ3n) is 2.21. The molecule has 2 atom stereocenters. The summed E-state index contributed by atoms with van der Waals surface area (Å²) < 4.78 is 0. The maximum absolute atomic E-state index is 10.8. The number of ketones is 1. The Hall–Kier alpha value is -0.340. The Bertz CT molecular complexity index is 180. The van der Waals surface area contributed by atoms with Crippen LogP contribution in [0.25, 0.3) is 0 Å². The summed E-state index contributed by atoms with van der Waals surface area (Å²) in [5.41, 5.74) is 0. The first-order chi connectivity index (χ1) is 6.61. The van der Waals surface area contributed by atoms with Gasteiger partial charge in [-0.1, -0.05) is 12.5 Å². The van der Waals surface area contributed by atoms with Crippen LogP contribution in [0.1, 0.15) is 32.6 Å². The lowest BCUT2D eigenvalue weighted by molar-refractivity contribution is -0.119. The van der Waals surface area contributed by atoms with Gasteiger partial charge in [-0.25, -0.2) is 0 Å². The molecule has 3 heteroatoms. The van der Waals surface area contributed by atoms with Crippen molar-refractivity contribution in [2.24, 2.45) is 5.92 Å². The minimum atomic E-state index is -0.583. The van der Waals surface area contributed by atoms with Crippen molar-refractivity contribution >= 4 is 17.4 Å². The summed E-state index contributed by atoms with van der Waals surface area (Å²) in [6.07, 6.45) is 4.12. The van der Waals surface area contributed by atoms with Crippen molar-refractivity contribution in [3.63, 3.8) is 0 Å². The van der Waals surface area contributed by atoms with Gasteiger partial charge in [0.2, 0.25) is 0 Å². The number of hydrogen-bond donors (Lipinski definition) is 1. The zero-order valence-electron chi connectivity index (χ0n) is 8.71. The fourth-order valence-electron chi connectivity index (χ4n) is 1.39. The summed E-state index contributed by atoms with van der Waals surface area (Å²) >= 11 is 5.55. The van der Waals surface area contributed by atoms with Crippen LogP contribution in [-0.4, -0.2) is 22.9 Å². The van der Waals surface area contributed by atoms with Crippen molar-refractivity contribution in [3.8, 4) is 0 Å². The van der Waals surface area contributed by atoms with Crippen LogP contribution < -0.4 is 0 Å². The molecule has 0 aliphatic carbocycles. The lowest BCUT2D eigenvalue weighted by Gasteiger charge is -2.18. The molecule has 0 bridgehead atoms. The van der Waals surface area contributed by atoms with E-state index in [4.69, 9.17) is 11.6 Å². The largest absolute Gasteiger partial charge is 0.392 e. The van der Waals surface area contributed by atoms with Crippen molar-refractivity contribution in [1.29, 1.82) is 0 Å². The van der Waals surface area contributed by atoms with Crippen molar-refractivity contribution in [2.75, 3.05) is 5.88 Å². The monoisotopic (exact) mass is 218 g/mol. The van der Waals surface area contributed by atoms with Crippen molar-refractivity contribution in [3.05, 3.63) is 12.7 Å². The predicted octanol–water partition coefficient (Wildman–Crippen LogP) is 2.54. The summed E-state index contributed by atoms with van der Waals surface area (Å²) in [7, 11) is 0. The molecule has 0 aromatic heterocycles. The van der Waals surface area contributed by atoms with Gasteiger partial charge in [-0.15, -0.1) is 18.2 Å². The number of aliphatic hydroxyl groups is 1. The molecule has 1 N–H and O–H groups in total. The van der Waals surface area contributed by atoms with Gasteiger partial charge in [-0.05, 0) is 19.8 Å². The summed E-state index contributed by atoms with van der Waals surface area (Å²) in [6.45, 7) is 5.15. The van der Waals surface area contributed by atoms with Crippen LogP contribution in [0.3, 0.4) is 0 Å². The van der Waals surface area contributed by atoms with Crippen molar-refractivity contribution in [2.45, 2.75) is 38.7 Å². The van der Waals surface area contributed by atoms with Crippen LogP contribution in [0.2, 0.25) is 0 Å². The number of alkyl halides is 1. The van der Waals surface area contributed by atoms with E-state index in [0.29, 0.717) is 5.88 Å². The van der Waals surface area contributed by atoms with Crippen LogP contribution in [0.4, 0.5) is 0 Å². The van der Waals surface area contributed by atoms with Crippen LogP contribution in [-0.2, 0) is 4.79 Å². The van der Waals surface area contributed by atoms with Crippen LogP contribution in [0.5, 0.6) is 0 Å². The third-order valence-corrected chi connectivity index (χ3v) is 2.48. The van der Waals surface area contributed by atoms with Gasteiger partial charge in [0.15, 0.2) is 0 Å². The van der Waals surface area contributed by atoms with Gasteiger partial charge in [-0.3, -0.25) is 4.79 Å². The maximum Gasteiger partial charge on any atom is 0.132 e. The van der Waals surface area contributed by atoms with Gasteiger partial charge in [0.25, 0.3) is 0 Å². The summed E-state index contributed by atoms with van der Waals surface area (Å²) in [5, 5.41) is 9.65. The van der Waals surface area contributed by atoms with Crippen LogP contribution in [0.15, 0.2) is 12.7 Å². The lowest BCUT2D eigenvalue weighted by atomic mass is 9.93. The molecular weight excluding hydrogens is 200 g/mol. The number of rotatable bonds is 8. The first-order valence-corrected chi connectivity index (χ1v) is 5.51. The number of Topliss-reactive ketones (excluding diaryl/α,β-unsaturated/α-hetero) is 1. The number of halogens is 1. The standard InChI is InChI=1S/C11H19ClO2/c1-3-10(6-4-5-7-12)11(14)8-9(2)13/h3,10-11,14H,1,4-8H2,2H3/t10-,11-/m0/s1. The maximum atomic E-state index is 10.8. The molecule has 0 aliphatic heterocycles. The zero-order chi connectivity index (χ0) is 11.0. The Morgan fingerprint density at radius 3 is 2.64 bits per heavy atom. The summed E-state index contributed by atoms with van der Waals surface area (Å²) in [5.74, 6) is 0.677. The molecule has 0 rings (SSSR count). The fourth-order valence-corrected chi connectivity index (χ4v) is 1.58. The fraction of sp³-hybridized carbons (Fsp3) is 0.727. The van der Waals surface area contributed by atoms with Crippen molar-refractivity contribution in [1.82, 2.24) is 0 Å². The van der Waals surface area contributed by atoms with Gasteiger partial charge in [0, 0.05) is 18.2 Å². The van der Waals surface area contributed by atoms with E-state index >= 15 is 0 Å². The zero-order valence-corrected chi connectivity index (χ0v) is 9.46. The predicted molar refractivity (Wildman–Crippen MR) is 59.6 cm³/mol. The average molecular weight is 219 g/mol. The molecule has 0 fully saturated rings. The molecule has 0 aromatic rings. The van der Waals surface area contributed by atoms with Gasteiger partial charge in [-0.2, -0.15) is 0 Å². The second-order valence-electron chi connectivity index (χ2n) is 3.56. The highest BCUT2D eigenvalue weighted by Gasteiger charge is 2.16. The number of unbranched alkanes of at least 4 members (excludes halogenated alkanes) is 1. The van der Waals surface area contributed by atoms with Gasteiger partial charge in [0.1, 0.15) is 5.78 Å². The number of hydrogen-bond acceptors (Lipinski definition) is 2. The molecule has 0 heterocycles. The Labute approximate surface area is 91.0 Å². The topological polar surface area (TPSA) is 37.3 Å². The lowest BCUT2D eigenvalue weighted by Crippen LogP contribution is -2.21. The van der Waals surface area contributed by atoms with Crippen LogP contribution in [0, 0.1) is 5.92 Å². The Balaban J connectivity index is 3.86. The minimum Gasteiger partial charge on any atom is -0.392 e. The van der Waals surface area contributed by atoms with Gasteiger partial charge < -0.3 is 5.11 Å². The van der Waals surface area contributed by atoms with E-state index in [-0.39, 0.29) is 18.1 Å². The molecule has 0 radical (unpaired) electrons. The SMILES string of the molecule is C=C[C@@H](CCCCCl)[C@@H](O)CC(C)=O. The van der Waals surface area contributed by atoms with E-state index in [9.17, 15) is 9.90 Å². The number of carbonyl (C=O) groups excluding carboxylic acids is 1. The highest BCUT2D eigenvalue weighted by molar-refractivity contribution is 6.17. The van der Waals surface area contributed by atoms with Crippen LogP contribution >= 0.6 is 11.6 Å². The molecule has 0 amide bonds. The van der Waals surface area contributed by atoms with E-state index in [0.717, 1.165) is 19.3 Å². The second kappa shape index (κ2) is 8.01. The number of carbonyl (C=O) groups is 1. The molecule has 2 nitrogen and oxygen atoms in total. The highest BCUT2D eigenvalue weighted by Crippen LogP contribution is 2.17. The smallest absolute Gasteiger partial charge is 0.132 e. The Morgan fingerprint density at radius 2 is 2.21 bits per heavy atom. The first-order valence-electron chi connectivity index (χ1n) is 4.97. The molecule has 0 spiro atoms. The molecule has 0 unspecified atom stereocenters. The molecule has 14 heavy (non-hydrogen) atoms. The van der Waals surface area contributed by atoms with Gasteiger partial charge in [0.05, 0.1) is 6.10 Å². The summed E-state index contributed by atoms with van der Waals surface area (Å²) in [6, 6.07) is 0. The molecule has 0 saturated heterocycles. The second-order valence-corrected chi connectivity index (χ2v) is 3.94. The Morgan fingerprint density at radius 1 is 1.57 bits per heavy atom. The quantitative estimate of drug-likeness (QED) is 0.386. The Kier molecular flexibility index (Phi) is 7.81. The molecule has 0 aliphatic rings. The van der Waals surface area contributed by atoms with E-state index < -0.39 is 6.10 Å². The molecule has 0 aromatic carbocycles. The third kappa shape index (κ3) is 6.17. The van der Waals surface area contributed by atoms with E-state index in [1.54, 1.807) is 6.08 Å². The van der Waals surface area contributed by atoms with E-state index in [1.165, 1.54) is 6.92 Å². The number of aliphatic hydroxyl groups excluding tert-OH is 1. The van der Waals surface area contributed by atoms with E-state index in [2.05, 4.69) is 6.58 Å². The minimum absolute atomic E-state index is 0.0155. The van der Waals surface area contributed by atoms with E-state index in [1.807, 2.05) is 0 Å². The van der Waals surface area contributed by atoms with Crippen molar-refractivity contribution < 1.29 is 9.90 Å².